The molecule has 0 aliphatic heterocycles. The van der Waals surface area contributed by atoms with Crippen molar-refractivity contribution in [2.24, 2.45) is 0 Å². The number of nitrogens with one attached hydrogen (secondary N) is 1. The molecule has 1 N–H and O–H groups in total. The number of rotatable bonds is 4. The van der Waals surface area contributed by atoms with Gasteiger partial charge in [0.2, 0.25) is 0 Å². The normalized spacial score (nSPS) is 12.6. The van der Waals surface area contributed by atoms with Crippen LogP contribution in [0.1, 0.15) is 18.1 Å². The molecule has 0 radical (unpaired) electrons. The first-order valence-corrected chi connectivity index (χ1v) is 5.50. The molecule has 0 aliphatic rings. The molecule has 0 fully saturated rings. The minimum atomic E-state index is 0.510. The largest absolute Gasteiger partial charge is 0.371 e. The summed E-state index contributed by atoms with van der Waals surface area (Å²) in [5.74, 6) is 0. The Morgan fingerprint density at radius 3 is 2.20 bits per heavy atom. The van der Waals surface area contributed by atoms with Gasteiger partial charge in [-0.25, -0.2) is 0 Å². The quantitative estimate of drug-likeness (QED) is 0.813. The van der Waals surface area contributed by atoms with E-state index in [4.69, 9.17) is 0 Å². The molecule has 2 nitrogen and oxygen atoms in total. The third kappa shape index (κ3) is 3.24. The molecule has 0 amide bonds. The molecule has 15 heavy (non-hydrogen) atoms. The van der Waals surface area contributed by atoms with Crippen molar-refractivity contribution in [2.75, 3.05) is 25.5 Å². The molecule has 1 atom stereocenters. The molecule has 0 saturated heterocycles. The minimum absolute atomic E-state index is 0.510. The number of benzene rings is 1. The zero-order chi connectivity index (χ0) is 11.4. The molecule has 0 saturated carbocycles. The number of nitrogens with zero attached hydrogens (tertiary/aromatic N) is 1. The second kappa shape index (κ2) is 5.17. The van der Waals surface area contributed by atoms with Crippen LogP contribution in [-0.4, -0.2) is 26.7 Å². The maximum absolute atomic E-state index is 3.21. The average molecular weight is 206 g/mol. The summed E-state index contributed by atoms with van der Waals surface area (Å²) in [4.78, 5) is 2.32. The number of hydrogen-bond acceptors (Lipinski definition) is 2. The van der Waals surface area contributed by atoms with Crippen LogP contribution in [0.2, 0.25) is 0 Å². The lowest BCUT2D eigenvalue weighted by atomic mass is 10.1. The molecule has 84 valence electrons. The van der Waals surface area contributed by atoms with Crippen LogP contribution in [0.3, 0.4) is 0 Å². The fourth-order valence-corrected chi connectivity index (χ4v) is 1.84. The van der Waals surface area contributed by atoms with E-state index < -0.39 is 0 Å². The van der Waals surface area contributed by atoms with E-state index in [-0.39, 0.29) is 0 Å². The Labute approximate surface area is 93.3 Å². The first-order chi connectivity index (χ1) is 7.04. The van der Waals surface area contributed by atoms with Gasteiger partial charge in [0.25, 0.3) is 0 Å². The van der Waals surface area contributed by atoms with Gasteiger partial charge in [-0.15, -0.1) is 0 Å². The lowest BCUT2D eigenvalue weighted by Gasteiger charge is -2.27. The summed E-state index contributed by atoms with van der Waals surface area (Å²) in [6, 6.07) is 7.19. The second-order valence-electron chi connectivity index (χ2n) is 4.36. The number of hydrogen-bond donors (Lipinski definition) is 1. The van der Waals surface area contributed by atoms with Crippen LogP contribution in [0.5, 0.6) is 0 Å². The van der Waals surface area contributed by atoms with Gasteiger partial charge in [-0.05, 0) is 51.1 Å². The monoisotopic (exact) mass is 206 g/mol. The number of aryl methyl sites for hydroxylation is 2. The maximum Gasteiger partial charge on any atom is 0.0382 e. The Balaban J connectivity index is 2.85. The van der Waals surface area contributed by atoms with Gasteiger partial charge in [0.1, 0.15) is 0 Å². The standard InChI is InChI=1S/C13H22N2/c1-10-6-11(2)8-13(7-10)15(5)12(3)9-14-4/h6-8,12,14H,9H2,1-5H3. The van der Waals surface area contributed by atoms with E-state index in [1.54, 1.807) is 0 Å². The van der Waals surface area contributed by atoms with Gasteiger partial charge < -0.3 is 10.2 Å². The SMILES string of the molecule is CNCC(C)N(C)c1cc(C)cc(C)c1. The smallest absolute Gasteiger partial charge is 0.0382 e. The number of anilines is 1. The van der Waals surface area contributed by atoms with E-state index in [0.29, 0.717) is 6.04 Å². The van der Waals surface area contributed by atoms with E-state index in [9.17, 15) is 0 Å². The third-order valence-electron chi connectivity index (χ3n) is 2.77. The maximum atomic E-state index is 3.21. The summed E-state index contributed by atoms with van der Waals surface area (Å²) < 4.78 is 0. The van der Waals surface area contributed by atoms with Crippen molar-refractivity contribution in [3.63, 3.8) is 0 Å². The predicted molar refractivity (Wildman–Crippen MR) is 67.7 cm³/mol. The molecular weight excluding hydrogens is 184 g/mol. The summed E-state index contributed by atoms with van der Waals surface area (Å²) in [5, 5.41) is 3.21. The minimum Gasteiger partial charge on any atom is -0.371 e. The highest BCUT2D eigenvalue weighted by atomic mass is 15.1. The van der Waals surface area contributed by atoms with Crippen LogP contribution >= 0.6 is 0 Å². The number of likely N-dealkylation sites (N-methyl/N-ethyl adjacent to an activating group) is 2. The van der Waals surface area contributed by atoms with Crippen LogP contribution in [-0.2, 0) is 0 Å². The fraction of sp³-hybridized carbons (Fsp3) is 0.538. The Hall–Kier alpha value is -1.02. The van der Waals surface area contributed by atoms with Gasteiger partial charge in [0.15, 0.2) is 0 Å². The summed E-state index contributed by atoms with van der Waals surface area (Å²) in [7, 11) is 4.14. The van der Waals surface area contributed by atoms with Gasteiger partial charge >= 0.3 is 0 Å². The first-order valence-electron chi connectivity index (χ1n) is 5.50. The van der Waals surface area contributed by atoms with Crippen molar-refractivity contribution in [1.82, 2.24) is 5.32 Å². The molecule has 1 unspecified atom stereocenters. The van der Waals surface area contributed by atoms with Crippen LogP contribution < -0.4 is 10.2 Å². The van der Waals surface area contributed by atoms with Crippen LogP contribution in [0.25, 0.3) is 0 Å². The molecule has 0 aromatic heterocycles. The molecule has 1 aromatic carbocycles. The summed E-state index contributed by atoms with van der Waals surface area (Å²) in [6.45, 7) is 7.53. The molecule has 2 heteroatoms. The Morgan fingerprint density at radius 1 is 1.20 bits per heavy atom. The van der Waals surface area contributed by atoms with Crippen LogP contribution in [0.4, 0.5) is 5.69 Å². The van der Waals surface area contributed by atoms with Crippen LogP contribution in [0.15, 0.2) is 18.2 Å². The summed E-state index contributed by atoms with van der Waals surface area (Å²) in [6.07, 6.45) is 0. The zero-order valence-corrected chi connectivity index (χ0v) is 10.5. The van der Waals surface area contributed by atoms with Crippen molar-refractivity contribution in [3.05, 3.63) is 29.3 Å². The Kier molecular flexibility index (Phi) is 4.15. The van der Waals surface area contributed by atoms with Gasteiger partial charge in [-0.3, -0.25) is 0 Å². The van der Waals surface area contributed by atoms with Crippen molar-refractivity contribution < 1.29 is 0 Å². The predicted octanol–water partition coefficient (Wildman–Crippen LogP) is 2.35. The average Bonchev–Trinajstić information content (AvgIpc) is 2.15. The van der Waals surface area contributed by atoms with E-state index in [1.807, 2.05) is 7.05 Å². The lowest BCUT2D eigenvalue weighted by molar-refractivity contribution is 0.630. The fourth-order valence-electron chi connectivity index (χ4n) is 1.84. The first kappa shape index (κ1) is 12.1. The second-order valence-corrected chi connectivity index (χ2v) is 4.36. The summed E-state index contributed by atoms with van der Waals surface area (Å²) >= 11 is 0. The molecule has 0 heterocycles. The highest BCUT2D eigenvalue weighted by Gasteiger charge is 2.09. The van der Waals surface area contributed by atoms with Crippen molar-refractivity contribution >= 4 is 5.69 Å². The molecular formula is C13H22N2. The Morgan fingerprint density at radius 2 is 1.73 bits per heavy atom. The zero-order valence-electron chi connectivity index (χ0n) is 10.5. The molecule has 0 bridgehead atoms. The topological polar surface area (TPSA) is 15.3 Å². The molecule has 0 spiro atoms. The molecule has 1 aromatic rings. The van der Waals surface area contributed by atoms with E-state index >= 15 is 0 Å². The van der Waals surface area contributed by atoms with Crippen LogP contribution in [0, 0.1) is 13.8 Å². The van der Waals surface area contributed by atoms with E-state index in [1.165, 1.54) is 16.8 Å². The molecule has 0 aliphatic carbocycles. The van der Waals surface area contributed by atoms with E-state index in [0.717, 1.165) is 6.54 Å². The molecule has 1 rings (SSSR count). The van der Waals surface area contributed by atoms with Crippen molar-refractivity contribution in [2.45, 2.75) is 26.8 Å². The lowest BCUT2D eigenvalue weighted by Crippen LogP contribution is -2.36. The summed E-state index contributed by atoms with van der Waals surface area (Å²) in [5.41, 5.74) is 3.96. The van der Waals surface area contributed by atoms with E-state index in [2.05, 4.69) is 56.2 Å². The van der Waals surface area contributed by atoms with Gasteiger partial charge in [0.05, 0.1) is 0 Å². The van der Waals surface area contributed by atoms with Gasteiger partial charge in [-0.2, -0.15) is 0 Å². The van der Waals surface area contributed by atoms with Gasteiger partial charge in [0, 0.05) is 25.3 Å². The van der Waals surface area contributed by atoms with Crippen molar-refractivity contribution in [3.8, 4) is 0 Å². The Bertz CT molecular complexity index is 300. The third-order valence-corrected chi connectivity index (χ3v) is 2.77. The highest BCUT2D eigenvalue weighted by Crippen LogP contribution is 2.19. The van der Waals surface area contributed by atoms with Gasteiger partial charge in [-0.1, -0.05) is 6.07 Å². The van der Waals surface area contributed by atoms with Crippen molar-refractivity contribution in [1.29, 1.82) is 0 Å². The highest BCUT2D eigenvalue weighted by molar-refractivity contribution is 5.51.